The molecule has 0 saturated heterocycles. The number of rotatable bonds is 9. The molecule has 0 bridgehead atoms. The molecule has 0 aromatic carbocycles. The molecule has 0 aliphatic carbocycles. The van der Waals surface area contributed by atoms with Crippen molar-refractivity contribution in [3.63, 3.8) is 0 Å². The van der Waals surface area contributed by atoms with Crippen molar-refractivity contribution in [3.8, 4) is 0 Å². The third kappa shape index (κ3) is 4.88. The zero-order valence-electron chi connectivity index (χ0n) is 11.3. The summed E-state index contributed by atoms with van der Waals surface area (Å²) in [6.07, 6.45) is 7.15. The summed E-state index contributed by atoms with van der Waals surface area (Å²) < 4.78 is 7.47. The first-order valence-corrected chi connectivity index (χ1v) is 6.57. The molecule has 0 fully saturated rings. The third-order valence-corrected chi connectivity index (χ3v) is 2.80. The lowest BCUT2D eigenvalue weighted by molar-refractivity contribution is 0.140. The van der Waals surface area contributed by atoms with E-state index in [1.54, 1.807) is 0 Å². The number of nitrogens with one attached hydrogen (secondary N) is 1. The second-order valence-corrected chi connectivity index (χ2v) is 4.24. The van der Waals surface area contributed by atoms with Crippen LogP contribution in [0.1, 0.15) is 45.0 Å². The average molecular weight is 239 g/mol. The van der Waals surface area contributed by atoms with Gasteiger partial charge in [0.05, 0.1) is 6.04 Å². The molecule has 4 heteroatoms. The maximum absolute atomic E-state index is 5.38. The van der Waals surface area contributed by atoms with Crippen LogP contribution in [0, 0.1) is 0 Å². The first-order chi connectivity index (χ1) is 8.29. The van der Waals surface area contributed by atoms with E-state index in [1.807, 2.05) is 26.4 Å². The molecular weight excluding hydrogens is 214 g/mol. The number of imidazole rings is 1. The minimum absolute atomic E-state index is 0.343. The molecule has 0 spiro atoms. The number of aromatic nitrogens is 2. The predicted molar refractivity (Wildman–Crippen MR) is 70.0 cm³/mol. The summed E-state index contributed by atoms with van der Waals surface area (Å²) in [5, 5.41) is 3.55. The normalized spacial score (nSPS) is 12.9. The van der Waals surface area contributed by atoms with Gasteiger partial charge < -0.3 is 14.6 Å². The Labute approximate surface area is 104 Å². The van der Waals surface area contributed by atoms with E-state index in [4.69, 9.17) is 4.74 Å². The zero-order chi connectivity index (χ0) is 12.5. The van der Waals surface area contributed by atoms with Crippen molar-refractivity contribution >= 4 is 0 Å². The lowest BCUT2D eigenvalue weighted by Crippen LogP contribution is -2.25. The number of nitrogens with zero attached hydrogens (tertiary/aromatic N) is 2. The van der Waals surface area contributed by atoms with Crippen LogP contribution >= 0.6 is 0 Å². The van der Waals surface area contributed by atoms with E-state index in [0.29, 0.717) is 6.04 Å². The van der Waals surface area contributed by atoms with E-state index in [9.17, 15) is 0 Å². The molecular formula is C13H25N3O. The van der Waals surface area contributed by atoms with Crippen LogP contribution in [0.15, 0.2) is 12.4 Å². The first-order valence-electron chi connectivity index (χ1n) is 6.57. The highest BCUT2D eigenvalue weighted by molar-refractivity contribution is 4.98. The summed E-state index contributed by atoms with van der Waals surface area (Å²) in [7, 11) is 2.05. The molecule has 98 valence electrons. The first kappa shape index (κ1) is 14.2. The van der Waals surface area contributed by atoms with Gasteiger partial charge in [0.2, 0.25) is 0 Å². The quantitative estimate of drug-likeness (QED) is 0.672. The van der Waals surface area contributed by atoms with Crippen LogP contribution in [-0.4, -0.2) is 29.3 Å². The lowest BCUT2D eigenvalue weighted by Gasteiger charge is -2.18. The molecule has 17 heavy (non-hydrogen) atoms. The van der Waals surface area contributed by atoms with Gasteiger partial charge in [-0.15, -0.1) is 0 Å². The van der Waals surface area contributed by atoms with Crippen molar-refractivity contribution < 1.29 is 4.74 Å². The summed E-state index contributed by atoms with van der Waals surface area (Å²) in [6.45, 7) is 6.89. The number of ether oxygens (including phenoxy) is 1. The summed E-state index contributed by atoms with van der Waals surface area (Å²) >= 11 is 0. The van der Waals surface area contributed by atoms with Gasteiger partial charge in [-0.2, -0.15) is 0 Å². The second kappa shape index (κ2) is 8.25. The molecule has 1 heterocycles. The Morgan fingerprint density at radius 2 is 2.29 bits per heavy atom. The Kier molecular flexibility index (Phi) is 6.89. The van der Waals surface area contributed by atoms with E-state index >= 15 is 0 Å². The third-order valence-electron chi connectivity index (χ3n) is 2.80. The van der Waals surface area contributed by atoms with E-state index < -0.39 is 0 Å². The fourth-order valence-electron chi connectivity index (χ4n) is 1.89. The Morgan fingerprint density at radius 1 is 1.47 bits per heavy atom. The molecule has 1 atom stereocenters. The molecule has 1 aromatic heterocycles. The van der Waals surface area contributed by atoms with Gasteiger partial charge in [-0.25, -0.2) is 4.98 Å². The van der Waals surface area contributed by atoms with Gasteiger partial charge >= 0.3 is 0 Å². The van der Waals surface area contributed by atoms with Crippen molar-refractivity contribution in [1.29, 1.82) is 0 Å². The van der Waals surface area contributed by atoms with E-state index in [0.717, 1.165) is 44.8 Å². The van der Waals surface area contributed by atoms with Crippen LogP contribution in [0.3, 0.4) is 0 Å². The average Bonchev–Trinajstić information content (AvgIpc) is 2.75. The number of aryl methyl sites for hydroxylation is 1. The van der Waals surface area contributed by atoms with Crippen LogP contribution < -0.4 is 5.32 Å². The van der Waals surface area contributed by atoms with Gasteiger partial charge in [-0.3, -0.25) is 0 Å². The van der Waals surface area contributed by atoms with Gasteiger partial charge in [0.15, 0.2) is 0 Å². The van der Waals surface area contributed by atoms with Crippen LogP contribution in [0.5, 0.6) is 0 Å². The highest BCUT2D eigenvalue weighted by Gasteiger charge is 2.14. The molecule has 1 aromatic rings. The molecule has 0 saturated carbocycles. The molecule has 4 nitrogen and oxygen atoms in total. The van der Waals surface area contributed by atoms with Crippen molar-refractivity contribution in [2.75, 3.05) is 19.8 Å². The Morgan fingerprint density at radius 3 is 2.88 bits per heavy atom. The molecule has 0 amide bonds. The highest BCUT2D eigenvalue weighted by Crippen LogP contribution is 2.16. The van der Waals surface area contributed by atoms with Crippen molar-refractivity contribution in [3.05, 3.63) is 18.2 Å². The number of hydrogen-bond acceptors (Lipinski definition) is 3. The molecule has 1 N–H and O–H groups in total. The topological polar surface area (TPSA) is 39.1 Å². The van der Waals surface area contributed by atoms with Crippen LogP contribution in [-0.2, 0) is 11.8 Å². The molecule has 0 aliphatic rings. The van der Waals surface area contributed by atoms with Crippen molar-refractivity contribution in [2.45, 2.75) is 39.2 Å². The minimum atomic E-state index is 0.343. The molecule has 1 unspecified atom stereocenters. The van der Waals surface area contributed by atoms with Crippen LogP contribution in [0.4, 0.5) is 0 Å². The van der Waals surface area contributed by atoms with E-state index in [-0.39, 0.29) is 0 Å². The Balaban J connectivity index is 2.46. The lowest BCUT2D eigenvalue weighted by atomic mass is 10.1. The molecule has 1 rings (SSSR count). The summed E-state index contributed by atoms with van der Waals surface area (Å²) in [5.74, 6) is 1.12. The van der Waals surface area contributed by atoms with E-state index in [2.05, 4.69) is 21.8 Å². The summed E-state index contributed by atoms with van der Waals surface area (Å²) in [5.41, 5.74) is 0. The Hall–Kier alpha value is -0.870. The fraction of sp³-hybridized carbons (Fsp3) is 0.769. The van der Waals surface area contributed by atoms with Gasteiger partial charge in [0.25, 0.3) is 0 Å². The van der Waals surface area contributed by atoms with Gasteiger partial charge in [-0.05, 0) is 32.7 Å². The Bertz CT molecular complexity index is 299. The van der Waals surface area contributed by atoms with E-state index in [1.165, 1.54) is 0 Å². The standard InChI is InChI=1S/C13H25N3O/c1-4-8-14-12(7-6-11-17-5-2)13-15-9-10-16(13)3/h9-10,12,14H,4-8,11H2,1-3H3. The second-order valence-electron chi connectivity index (χ2n) is 4.24. The largest absolute Gasteiger partial charge is 0.382 e. The van der Waals surface area contributed by atoms with Crippen molar-refractivity contribution in [1.82, 2.24) is 14.9 Å². The minimum Gasteiger partial charge on any atom is -0.382 e. The van der Waals surface area contributed by atoms with Crippen LogP contribution in [0.25, 0.3) is 0 Å². The summed E-state index contributed by atoms with van der Waals surface area (Å²) in [6, 6.07) is 0.343. The van der Waals surface area contributed by atoms with Gasteiger partial charge in [0, 0.05) is 32.7 Å². The smallest absolute Gasteiger partial charge is 0.125 e. The maximum Gasteiger partial charge on any atom is 0.125 e. The van der Waals surface area contributed by atoms with Crippen molar-refractivity contribution in [2.24, 2.45) is 7.05 Å². The maximum atomic E-state index is 5.38. The fourth-order valence-corrected chi connectivity index (χ4v) is 1.89. The van der Waals surface area contributed by atoms with Gasteiger partial charge in [0.1, 0.15) is 5.82 Å². The predicted octanol–water partition coefficient (Wildman–Crippen LogP) is 2.28. The summed E-state index contributed by atoms with van der Waals surface area (Å²) in [4.78, 5) is 4.43. The highest BCUT2D eigenvalue weighted by atomic mass is 16.5. The molecule has 0 aliphatic heterocycles. The monoisotopic (exact) mass is 239 g/mol. The van der Waals surface area contributed by atoms with Crippen LogP contribution in [0.2, 0.25) is 0 Å². The zero-order valence-corrected chi connectivity index (χ0v) is 11.3. The number of hydrogen-bond donors (Lipinski definition) is 1. The SMILES string of the molecule is CCCNC(CCCOCC)c1nccn1C. The van der Waals surface area contributed by atoms with Gasteiger partial charge in [-0.1, -0.05) is 6.92 Å². The molecule has 0 radical (unpaired) electrons.